The monoisotopic (exact) mass is 301 g/mol. The normalized spacial score (nSPS) is 22.1. The van der Waals surface area contributed by atoms with Crippen LogP contribution in [0, 0.1) is 17.3 Å². The molecule has 2 unspecified atom stereocenters. The minimum atomic E-state index is -0.937. The Balaban J connectivity index is 1.76. The van der Waals surface area contributed by atoms with E-state index in [2.05, 4.69) is 20.8 Å². The first-order valence-electron chi connectivity index (χ1n) is 6.78. The van der Waals surface area contributed by atoms with Crippen molar-refractivity contribution in [3.05, 3.63) is 30.6 Å². The van der Waals surface area contributed by atoms with Gasteiger partial charge in [0.25, 0.3) is 0 Å². The predicted octanol–water partition coefficient (Wildman–Crippen LogP) is 0.958. The van der Waals surface area contributed by atoms with Crippen LogP contribution in [0.15, 0.2) is 30.6 Å². The summed E-state index contributed by atoms with van der Waals surface area (Å²) < 4.78 is 1.47. The van der Waals surface area contributed by atoms with Crippen LogP contribution in [0.2, 0.25) is 0 Å². The Bertz CT molecular complexity index is 726. The van der Waals surface area contributed by atoms with Gasteiger partial charge in [0.1, 0.15) is 6.33 Å². The van der Waals surface area contributed by atoms with Gasteiger partial charge in [-0.25, -0.2) is 4.68 Å². The Morgan fingerprint density at radius 3 is 2.68 bits per heavy atom. The van der Waals surface area contributed by atoms with Crippen molar-refractivity contribution in [2.45, 2.75) is 13.8 Å². The Morgan fingerprint density at radius 2 is 2.09 bits per heavy atom. The van der Waals surface area contributed by atoms with Crippen molar-refractivity contribution in [3.63, 3.8) is 0 Å². The van der Waals surface area contributed by atoms with Gasteiger partial charge in [-0.1, -0.05) is 19.9 Å². The lowest BCUT2D eigenvalue weighted by Crippen LogP contribution is -2.17. The number of amides is 1. The molecule has 0 saturated heterocycles. The highest BCUT2D eigenvalue weighted by atomic mass is 16.4. The summed E-state index contributed by atoms with van der Waals surface area (Å²) in [6.07, 6.45) is 1.45. The van der Waals surface area contributed by atoms with E-state index in [1.165, 1.54) is 11.0 Å². The number of aliphatic carboxylic acids is 1. The van der Waals surface area contributed by atoms with E-state index in [0.29, 0.717) is 11.4 Å². The number of nitrogens with one attached hydrogen (secondary N) is 1. The van der Waals surface area contributed by atoms with Crippen LogP contribution in [0.5, 0.6) is 0 Å². The molecule has 114 valence electrons. The van der Waals surface area contributed by atoms with Gasteiger partial charge in [-0.05, 0) is 34.0 Å². The zero-order valence-electron chi connectivity index (χ0n) is 12.1. The number of benzene rings is 1. The first-order valence-corrected chi connectivity index (χ1v) is 6.78. The Labute approximate surface area is 126 Å². The maximum absolute atomic E-state index is 12.3. The van der Waals surface area contributed by atoms with Crippen molar-refractivity contribution in [2.75, 3.05) is 5.32 Å². The summed E-state index contributed by atoms with van der Waals surface area (Å²) in [6, 6.07) is 7.02. The number of nitrogens with zero attached hydrogens (tertiary/aromatic N) is 4. The molecule has 8 heteroatoms. The summed E-state index contributed by atoms with van der Waals surface area (Å²) in [6.45, 7) is 3.57. The van der Waals surface area contributed by atoms with E-state index >= 15 is 0 Å². The van der Waals surface area contributed by atoms with Crippen LogP contribution >= 0.6 is 0 Å². The molecule has 0 bridgehead atoms. The smallest absolute Gasteiger partial charge is 0.307 e. The number of hydrogen-bond donors (Lipinski definition) is 2. The van der Waals surface area contributed by atoms with Crippen LogP contribution in [0.4, 0.5) is 5.69 Å². The Kier molecular flexibility index (Phi) is 3.16. The van der Waals surface area contributed by atoms with Gasteiger partial charge < -0.3 is 10.4 Å². The number of carboxylic acid groups (broad SMARTS) is 1. The third kappa shape index (κ3) is 2.32. The van der Waals surface area contributed by atoms with E-state index in [9.17, 15) is 9.59 Å². The quantitative estimate of drug-likeness (QED) is 0.870. The fraction of sp³-hybridized carbons (Fsp3) is 0.357. The first-order chi connectivity index (χ1) is 10.4. The standard InChI is InChI=1S/C14H15N5O3/c1-14(2)10(11(14)13(21)22)12(20)16-8-4-3-5-9(6-8)19-7-15-17-18-19/h3-7,10-11H,1-2H3,(H,16,20)(H,21,22). The maximum Gasteiger partial charge on any atom is 0.307 e. The van der Waals surface area contributed by atoms with Crippen LogP contribution in [0.3, 0.4) is 0 Å². The number of carbonyl (C=O) groups is 2. The average molecular weight is 301 g/mol. The summed E-state index contributed by atoms with van der Waals surface area (Å²) in [5.74, 6) is -2.39. The molecule has 0 aliphatic heterocycles. The van der Waals surface area contributed by atoms with E-state index in [1.54, 1.807) is 38.1 Å². The molecule has 0 spiro atoms. The minimum Gasteiger partial charge on any atom is -0.481 e. The van der Waals surface area contributed by atoms with Crippen LogP contribution in [-0.4, -0.2) is 37.2 Å². The lowest BCUT2D eigenvalue weighted by Gasteiger charge is -2.07. The lowest BCUT2D eigenvalue weighted by molar-refractivity contribution is -0.140. The lowest BCUT2D eigenvalue weighted by atomic mass is 10.1. The summed E-state index contributed by atoms with van der Waals surface area (Å²) in [5, 5.41) is 22.8. The summed E-state index contributed by atoms with van der Waals surface area (Å²) in [7, 11) is 0. The second-order valence-corrected chi connectivity index (χ2v) is 5.91. The number of hydrogen-bond acceptors (Lipinski definition) is 5. The van der Waals surface area contributed by atoms with Gasteiger partial charge in [0.05, 0.1) is 17.5 Å². The van der Waals surface area contributed by atoms with E-state index in [4.69, 9.17) is 5.11 Å². The number of tetrazole rings is 1. The molecule has 2 atom stereocenters. The second-order valence-electron chi connectivity index (χ2n) is 5.91. The van der Waals surface area contributed by atoms with Crippen LogP contribution < -0.4 is 5.32 Å². The van der Waals surface area contributed by atoms with E-state index < -0.39 is 23.2 Å². The van der Waals surface area contributed by atoms with Crippen molar-refractivity contribution in [3.8, 4) is 5.69 Å². The molecule has 3 rings (SSSR count). The number of carbonyl (C=O) groups excluding carboxylic acids is 1. The predicted molar refractivity (Wildman–Crippen MR) is 76.2 cm³/mol. The third-order valence-electron chi connectivity index (χ3n) is 4.10. The molecular weight excluding hydrogens is 286 g/mol. The fourth-order valence-electron chi connectivity index (χ4n) is 2.81. The SMILES string of the molecule is CC1(C)C(C(=O)O)C1C(=O)Nc1cccc(-n2cnnn2)c1. The topological polar surface area (TPSA) is 110 Å². The molecule has 2 aromatic rings. The molecule has 1 heterocycles. The largest absolute Gasteiger partial charge is 0.481 e. The molecule has 2 N–H and O–H groups in total. The van der Waals surface area contributed by atoms with Gasteiger partial charge >= 0.3 is 5.97 Å². The van der Waals surface area contributed by atoms with Crippen molar-refractivity contribution in [2.24, 2.45) is 17.3 Å². The third-order valence-corrected chi connectivity index (χ3v) is 4.10. The summed E-state index contributed by atoms with van der Waals surface area (Å²) >= 11 is 0. The first kappa shape index (κ1) is 14.2. The molecule has 1 saturated carbocycles. The van der Waals surface area contributed by atoms with E-state index in [1.807, 2.05) is 0 Å². The second kappa shape index (κ2) is 4.90. The number of rotatable bonds is 4. The van der Waals surface area contributed by atoms with Crippen molar-refractivity contribution >= 4 is 17.6 Å². The van der Waals surface area contributed by atoms with Crippen LogP contribution in [0.25, 0.3) is 5.69 Å². The van der Waals surface area contributed by atoms with Crippen LogP contribution in [-0.2, 0) is 9.59 Å². The summed E-state index contributed by atoms with van der Waals surface area (Å²) in [5.41, 5.74) is 0.751. The van der Waals surface area contributed by atoms with Gasteiger partial charge in [-0.15, -0.1) is 5.10 Å². The maximum atomic E-state index is 12.3. The van der Waals surface area contributed by atoms with E-state index in [0.717, 1.165) is 0 Å². The molecule has 1 aromatic carbocycles. The van der Waals surface area contributed by atoms with Crippen molar-refractivity contribution in [1.29, 1.82) is 0 Å². The van der Waals surface area contributed by atoms with Crippen molar-refractivity contribution in [1.82, 2.24) is 20.2 Å². The molecule has 1 fully saturated rings. The zero-order chi connectivity index (χ0) is 15.9. The zero-order valence-corrected chi connectivity index (χ0v) is 12.1. The van der Waals surface area contributed by atoms with Gasteiger partial charge in [-0.2, -0.15) is 0 Å². The van der Waals surface area contributed by atoms with Gasteiger partial charge in [-0.3, -0.25) is 9.59 Å². The highest BCUT2D eigenvalue weighted by Crippen LogP contribution is 2.58. The highest BCUT2D eigenvalue weighted by molar-refractivity contribution is 5.99. The number of aromatic nitrogens is 4. The van der Waals surface area contributed by atoms with Gasteiger partial charge in [0.2, 0.25) is 5.91 Å². The average Bonchev–Trinajstić information content (AvgIpc) is 2.84. The van der Waals surface area contributed by atoms with Crippen molar-refractivity contribution < 1.29 is 14.7 Å². The van der Waals surface area contributed by atoms with Gasteiger partial charge in [0, 0.05) is 5.69 Å². The van der Waals surface area contributed by atoms with Gasteiger partial charge in [0.15, 0.2) is 0 Å². The molecule has 0 radical (unpaired) electrons. The molecule has 1 aliphatic carbocycles. The fourth-order valence-corrected chi connectivity index (χ4v) is 2.81. The Morgan fingerprint density at radius 1 is 1.32 bits per heavy atom. The molecular formula is C14H15N5O3. The Hall–Kier alpha value is -2.77. The molecule has 22 heavy (non-hydrogen) atoms. The minimum absolute atomic E-state index is 0.286. The molecule has 1 amide bonds. The van der Waals surface area contributed by atoms with E-state index in [-0.39, 0.29) is 5.91 Å². The molecule has 8 nitrogen and oxygen atoms in total. The summed E-state index contributed by atoms with van der Waals surface area (Å²) in [4.78, 5) is 23.4. The highest BCUT2D eigenvalue weighted by Gasteiger charge is 2.65. The molecule has 1 aromatic heterocycles. The molecule has 1 aliphatic rings. The number of carboxylic acids is 1. The number of anilines is 1. The van der Waals surface area contributed by atoms with Crippen LogP contribution in [0.1, 0.15) is 13.8 Å².